The molecular weight excluding hydrogens is 264 g/mol. The van der Waals surface area contributed by atoms with E-state index in [9.17, 15) is 4.79 Å². The number of hydrogen-bond acceptors (Lipinski definition) is 3. The lowest BCUT2D eigenvalue weighted by molar-refractivity contribution is 0.0696. The van der Waals surface area contributed by atoms with Gasteiger partial charge in [0.15, 0.2) is 4.67 Å². The number of carbonyl (C=O) groups is 1. The molecule has 2 aromatic rings. The van der Waals surface area contributed by atoms with E-state index >= 15 is 0 Å². The number of aromatic carboxylic acids is 1. The molecule has 0 saturated carbocycles. The third-order valence-electron chi connectivity index (χ3n) is 1.83. The lowest BCUT2D eigenvalue weighted by Gasteiger charge is -1.95. The Hall–Kier alpha value is -1.56. The second-order valence-electron chi connectivity index (χ2n) is 2.94. The molecule has 0 spiro atoms. The minimum Gasteiger partial charge on any atom is -0.478 e. The van der Waals surface area contributed by atoms with E-state index in [-0.39, 0.29) is 5.56 Å². The number of nitrogens with zero attached hydrogens (tertiary/aromatic N) is 2. The highest BCUT2D eigenvalue weighted by Gasteiger charge is 2.07. The maximum atomic E-state index is 10.6. The molecule has 0 aliphatic rings. The van der Waals surface area contributed by atoms with Gasteiger partial charge in [-0.25, -0.2) is 4.79 Å². The summed E-state index contributed by atoms with van der Waals surface area (Å²) in [6.07, 6.45) is 2.76. The van der Waals surface area contributed by atoms with Crippen LogP contribution in [0.15, 0.2) is 33.6 Å². The molecule has 2 rings (SSSR count). The van der Waals surface area contributed by atoms with Crippen molar-refractivity contribution in [3.8, 4) is 0 Å². The largest absolute Gasteiger partial charge is 0.478 e. The van der Waals surface area contributed by atoms with Crippen LogP contribution in [-0.2, 0) is 6.54 Å². The zero-order chi connectivity index (χ0) is 10.8. The molecule has 2 aromatic heterocycles. The predicted molar refractivity (Wildman–Crippen MR) is 54.7 cm³/mol. The molecule has 5 nitrogen and oxygen atoms in total. The molecule has 1 N–H and O–H groups in total. The highest BCUT2D eigenvalue weighted by molar-refractivity contribution is 9.10. The first-order chi connectivity index (χ1) is 7.15. The van der Waals surface area contributed by atoms with Gasteiger partial charge in [-0.2, -0.15) is 5.10 Å². The first-order valence-corrected chi connectivity index (χ1v) is 4.94. The minimum atomic E-state index is -0.984. The molecule has 2 heterocycles. The first-order valence-electron chi connectivity index (χ1n) is 4.15. The molecule has 0 bridgehead atoms. The Morgan fingerprint density at radius 2 is 2.40 bits per heavy atom. The zero-order valence-electron chi connectivity index (χ0n) is 7.55. The Morgan fingerprint density at radius 1 is 1.60 bits per heavy atom. The number of rotatable bonds is 3. The van der Waals surface area contributed by atoms with Crippen LogP contribution in [0, 0.1) is 0 Å². The smallest absolute Gasteiger partial charge is 0.338 e. The third-order valence-corrected chi connectivity index (χ3v) is 2.25. The van der Waals surface area contributed by atoms with Crippen molar-refractivity contribution >= 4 is 21.9 Å². The SMILES string of the molecule is O=C(O)c1cnn(Cc2ccc(Br)o2)c1. The Balaban J connectivity index is 2.14. The molecule has 78 valence electrons. The van der Waals surface area contributed by atoms with Crippen LogP contribution in [0.2, 0.25) is 0 Å². The van der Waals surface area contributed by atoms with Gasteiger partial charge in [0.1, 0.15) is 5.76 Å². The van der Waals surface area contributed by atoms with Crippen LogP contribution in [0.5, 0.6) is 0 Å². The molecule has 0 saturated heterocycles. The highest BCUT2D eigenvalue weighted by Crippen LogP contribution is 2.14. The first kappa shape index (κ1) is 9.97. The van der Waals surface area contributed by atoms with Gasteiger partial charge in [0, 0.05) is 6.20 Å². The van der Waals surface area contributed by atoms with Crippen molar-refractivity contribution in [1.29, 1.82) is 0 Å². The Labute approximate surface area is 93.4 Å². The molecule has 0 fully saturated rings. The van der Waals surface area contributed by atoms with Gasteiger partial charge in [0.25, 0.3) is 0 Å². The number of halogens is 1. The standard InChI is InChI=1S/C9H7BrN2O3/c10-8-2-1-7(15-8)5-12-4-6(3-11-12)9(13)14/h1-4H,5H2,(H,13,14). The lowest BCUT2D eigenvalue weighted by Crippen LogP contribution is -1.99. The van der Waals surface area contributed by atoms with E-state index < -0.39 is 5.97 Å². The van der Waals surface area contributed by atoms with Gasteiger partial charge in [-0.1, -0.05) is 0 Å². The quantitative estimate of drug-likeness (QED) is 0.926. The molecule has 0 radical (unpaired) electrons. The topological polar surface area (TPSA) is 68.3 Å². The average Bonchev–Trinajstić information content (AvgIpc) is 2.76. The molecule has 0 aromatic carbocycles. The Bertz CT molecular complexity index is 489. The number of aromatic nitrogens is 2. The van der Waals surface area contributed by atoms with Crippen LogP contribution in [0.25, 0.3) is 0 Å². The fourth-order valence-corrected chi connectivity index (χ4v) is 1.50. The maximum Gasteiger partial charge on any atom is 0.338 e. The number of carboxylic acids is 1. The number of furan rings is 1. The Kier molecular flexibility index (Phi) is 2.59. The summed E-state index contributed by atoms with van der Waals surface area (Å²) in [5.41, 5.74) is 0.167. The monoisotopic (exact) mass is 270 g/mol. The molecular formula is C9H7BrN2O3. The molecule has 0 aliphatic heterocycles. The van der Waals surface area contributed by atoms with Crippen molar-refractivity contribution < 1.29 is 14.3 Å². The van der Waals surface area contributed by atoms with Crippen LogP contribution in [0.4, 0.5) is 0 Å². The molecule has 6 heteroatoms. The fraction of sp³-hybridized carbons (Fsp3) is 0.111. The summed E-state index contributed by atoms with van der Waals surface area (Å²) in [6.45, 7) is 0.416. The van der Waals surface area contributed by atoms with Gasteiger partial charge in [-0.3, -0.25) is 4.68 Å². The lowest BCUT2D eigenvalue weighted by atomic mass is 10.4. The summed E-state index contributed by atoms with van der Waals surface area (Å²) in [5, 5.41) is 12.6. The molecule has 0 aliphatic carbocycles. The summed E-state index contributed by atoms with van der Waals surface area (Å²) >= 11 is 3.18. The van der Waals surface area contributed by atoms with Crippen molar-refractivity contribution in [3.05, 3.63) is 40.5 Å². The van der Waals surface area contributed by atoms with Gasteiger partial charge in [-0.05, 0) is 28.1 Å². The summed E-state index contributed by atoms with van der Waals surface area (Å²) in [5.74, 6) is -0.274. The van der Waals surface area contributed by atoms with Gasteiger partial charge >= 0.3 is 5.97 Å². The summed E-state index contributed by atoms with van der Waals surface area (Å²) in [4.78, 5) is 10.6. The van der Waals surface area contributed by atoms with Crippen molar-refractivity contribution in [2.45, 2.75) is 6.54 Å². The molecule has 0 amide bonds. The van der Waals surface area contributed by atoms with E-state index in [1.165, 1.54) is 17.1 Å². The summed E-state index contributed by atoms with van der Waals surface area (Å²) < 4.78 is 7.42. The second kappa shape index (κ2) is 3.90. The van der Waals surface area contributed by atoms with Crippen LogP contribution in [0.1, 0.15) is 16.1 Å². The van der Waals surface area contributed by atoms with Crippen molar-refractivity contribution in [2.24, 2.45) is 0 Å². The van der Waals surface area contributed by atoms with Gasteiger partial charge in [-0.15, -0.1) is 0 Å². The van der Waals surface area contributed by atoms with Crippen LogP contribution in [0.3, 0.4) is 0 Å². The van der Waals surface area contributed by atoms with Crippen molar-refractivity contribution in [2.75, 3.05) is 0 Å². The van der Waals surface area contributed by atoms with E-state index in [0.717, 1.165) is 0 Å². The van der Waals surface area contributed by atoms with Crippen molar-refractivity contribution in [3.63, 3.8) is 0 Å². The van der Waals surface area contributed by atoms with E-state index in [4.69, 9.17) is 9.52 Å². The van der Waals surface area contributed by atoms with E-state index in [1.54, 1.807) is 12.1 Å². The predicted octanol–water partition coefficient (Wildman–Crippen LogP) is 1.99. The second-order valence-corrected chi connectivity index (χ2v) is 3.72. The van der Waals surface area contributed by atoms with Crippen LogP contribution < -0.4 is 0 Å². The van der Waals surface area contributed by atoms with Crippen LogP contribution >= 0.6 is 15.9 Å². The third kappa shape index (κ3) is 2.27. The summed E-state index contributed by atoms with van der Waals surface area (Å²) in [7, 11) is 0. The fourth-order valence-electron chi connectivity index (χ4n) is 1.16. The minimum absolute atomic E-state index is 0.167. The Morgan fingerprint density at radius 3 is 2.93 bits per heavy atom. The maximum absolute atomic E-state index is 10.6. The van der Waals surface area contributed by atoms with Gasteiger partial charge in [0.2, 0.25) is 0 Å². The summed E-state index contributed by atoms with van der Waals surface area (Å²) in [6, 6.07) is 3.57. The molecule has 15 heavy (non-hydrogen) atoms. The van der Waals surface area contributed by atoms with Crippen molar-refractivity contribution in [1.82, 2.24) is 9.78 Å². The zero-order valence-corrected chi connectivity index (χ0v) is 9.14. The van der Waals surface area contributed by atoms with Gasteiger partial charge < -0.3 is 9.52 Å². The normalized spacial score (nSPS) is 10.5. The molecule has 0 unspecified atom stereocenters. The molecule has 0 atom stereocenters. The number of carboxylic acid groups (broad SMARTS) is 1. The van der Waals surface area contributed by atoms with E-state index in [1.807, 2.05) is 0 Å². The van der Waals surface area contributed by atoms with Gasteiger partial charge in [0.05, 0.1) is 18.3 Å². The van der Waals surface area contributed by atoms with Crippen LogP contribution in [-0.4, -0.2) is 20.9 Å². The van der Waals surface area contributed by atoms with E-state index in [0.29, 0.717) is 17.0 Å². The highest BCUT2D eigenvalue weighted by atomic mass is 79.9. The van der Waals surface area contributed by atoms with E-state index in [2.05, 4.69) is 21.0 Å². The average molecular weight is 271 g/mol. The number of hydrogen-bond donors (Lipinski definition) is 1.